The van der Waals surface area contributed by atoms with Crippen LogP contribution >= 0.6 is 0 Å². The topological polar surface area (TPSA) is 84.5 Å². The Hall–Kier alpha value is -3.15. The Morgan fingerprint density at radius 3 is 2.38 bits per heavy atom. The lowest BCUT2D eigenvalue weighted by Crippen LogP contribution is -2.33. The number of nitrogens with one attached hydrogen (secondary N) is 2. The van der Waals surface area contributed by atoms with Crippen molar-refractivity contribution in [2.45, 2.75) is 44.6 Å². The van der Waals surface area contributed by atoms with E-state index >= 15 is 0 Å². The molecule has 6 nitrogen and oxygen atoms in total. The quantitative estimate of drug-likeness (QED) is 0.672. The van der Waals surface area contributed by atoms with Gasteiger partial charge in [0.1, 0.15) is 0 Å². The van der Waals surface area contributed by atoms with E-state index in [2.05, 4.69) is 10.6 Å². The highest BCUT2D eigenvalue weighted by Crippen LogP contribution is 2.20. The van der Waals surface area contributed by atoms with Crippen molar-refractivity contribution in [1.82, 2.24) is 5.32 Å². The number of hydrogen-bond donors (Lipinski definition) is 2. The zero-order valence-corrected chi connectivity index (χ0v) is 16.4. The van der Waals surface area contributed by atoms with E-state index in [1.54, 1.807) is 24.3 Å². The first kappa shape index (κ1) is 20.6. The molecule has 0 atom stereocenters. The van der Waals surface area contributed by atoms with Crippen molar-refractivity contribution in [3.05, 3.63) is 65.7 Å². The minimum absolute atomic E-state index is 0.192. The summed E-state index contributed by atoms with van der Waals surface area (Å²) >= 11 is 0. The SMILES string of the molecule is O=C(COC(=O)CCc1ccccc1)Nc1ccccc1C(=O)NC1CCCC1. The lowest BCUT2D eigenvalue weighted by Gasteiger charge is -2.15. The molecule has 0 saturated heterocycles. The molecular formula is C23H26N2O4. The monoisotopic (exact) mass is 394 g/mol. The van der Waals surface area contributed by atoms with E-state index in [9.17, 15) is 14.4 Å². The first-order chi connectivity index (χ1) is 14.1. The van der Waals surface area contributed by atoms with Crippen LogP contribution < -0.4 is 10.6 Å². The van der Waals surface area contributed by atoms with E-state index in [0.717, 1.165) is 31.2 Å². The van der Waals surface area contributed by atoms with Gasteiger partial charge in [-0.05, 0) is 37.0 Å². The number of carbonyl (C=O) groups excluding carboxylic acids is 3. The zero-order chi connectivity index (χ0) is 20.5. The molecule has 0 heterocycles. The number of hydrogen-bond acceptors (Lipinski definition) is 4. The van der Waals surface area contributed by atoms with E-state index in [-0.39, 0.29) is 25.0 Å². The highest BCUT2D eigenvalue weighted by Gasteiger charge is 2.20. The van der Waals surface area contributed by atoms with Gasteiger partial charge in [0.15, 0.2) is 6.61 Å². The van der Waals surface area contributed by atoms with Gasteiger partial charge >= 0.3 is 5.97 Å². The zero-order valence-electron chi connectivity index (χ0n) is 16.4. The summed E-state index contributed by atoms with van der Waals surface area (Å²) in [5.74, 6) is -1.11. The standard InChI is InChI=1S/C23H26N2O4/c26-21(16-29-22(27)15-14-17-8-2-1-3-9-17)25-20-13-7-6-12-19(20)23(28)24-18-10-4-5-11-18/h1-3,6-9,12-13,18H,4-5,10-11,14-16H2,(H,24,28)(H,25,26). The van der Waals surface area contributed by atoms with Gasteiger partial charge in [0.25, 0.3) is 11.8 Å². The van der Waals surface area contributed by atoms with Gasteiger partial charge in [0, 0.05) is 12.5 Å². The molecule has 1 aliphatic rings. The predicted molar refractivity (Wildman–Crippen MR) is 111 cm³/mol. The molecule has 6 heteroatoms. The maximum Gasteiger partial charge on any atom is 0.306 e. The van der Waals surface area contributed by atoms with Crippen LogP contribution in [0.3, 0.4) is 0 Å². The van der Waals surface area contributed by atoms with Crippen LogP contribution in [0.15, 0.2) is 54.6 Å². The Kier molecular flexibility index (Phi) is 7.39. The van der Waals surface area contributed by atoms with Crippen molar-refractivity contribution in [1.29, 1.82) is 0 Å². The fraction of sp³-hybridized carbons (Fsp3) is 0.348. The summed E-state index contributed by atoms with van der Waals surface area (Å²) in [7, 11) is 0. The molecule has 0 bridgehead atoms. The summed E-state index contributed by atoms with van der Waals surface area (Å²) in [6, 6.07) is 16.6. The van der Waals surface area contributed by atoms with Crippen molar-refractivity contribution < 1.29 is 19.1 Å². The predicted octanol–water partition coefficient (Wildman–Crippen LogP) is 3.47. The van der Waals surface area contributed by atoms with Crippen LogP contribution in [0.2, 0.25) is 0 Å². The highest BCUT2D eigenvalue weighted by molar-refractivity contribution is 6.04. The number of benzene rings is 2. The maximum absolute atomic E-state index is 12.5. The number of para-hydroxylation sites is 1. The van der Waals surface area contributed by atoms with Gasteiger partial charge in [-0.15, -0.1) is 0 Å². The number of amides is 2. The second-order valence-electron chi connectivity index (χ2n) is 7.19. The van der Waals surface area contributed by atoms with Crippen molar-refractivity contribution in [3.8, 4) is 0 Å². The van der Waals surface area contributed by atoms with Crippen LogP contribution in [0.5, 0.6) is 0 Å². The van der Waals surface area contributed by atoms with E-state index in [4.69, 9.17) is 4.74 Å². The van der Waals surface area contributed by atoms with Gasteiger partial charge in [-0.1, -0.05) is 55.3 Å². The van der Waals surface area contributed by atoms with Crippen molar-refractivity contribution in [2.24, 2.45) is 0 Å². The van der Waals surface area contributed by atoms with Crippen molar-refractivity contribution >= 4 is 23.5 Å². The molecule has 1 saturated carbocycles. The van der Waals surface area contributed by atoms with Crippen LogP contribution in [-0.2, 0) is 20.7 Å². The molecule has 2 aromatic carbocycles. The fourth-order valence-electron chi connectivity index (χ4n) is 3.42. The molecule has 152 valence electrons. The summed E-state index contributed by atoms with van der Waals surface area (Å²) < 4.78 is 5.05. The Labute approximate surface area is 170 Å². The molecule has 0 aromatic heterocycles. The van der Waals surface area contributed by atoms with Gasteiger partial charge in [0.05, 0.1) is 11.3 Å². The first-order valence-corrected chi connectivity index (χ1v) is 10.0. The number of carbonyl (C=O) groups is 3. The molecule has 0 spiro atoms. The lowest BCUT2D eigenvalue weighted by atomic mass is 10.1. The summed E-state index contributed by atoms with van der Waals surface area (Å²) in [4.78, 5) is 36.6. The van der Waals surface area contributed by atoms with Crippen LogP contribution in [-0.4, -0.2) is 30.4 Å². The number of esters is 1. The molecule has 0 aliphatic heterocycles. The second-order valence-corrected chi connectivity index (χ2v) is 7.19. The van der Waals surface area contributed by atoms with Gasteiger partial charge in [-0.25, -0.2) is 0 Å². The van der Waals surface area contributed by atoms with Crippen LogP contribution in [0.4, 0.5) is 5.69 Å². The number of anilines is 1. The Morgan fingerprint density at radius 2 is 1.62 bits per heavy atom. The normalized spacial score (nSPS) is 13.7. The molecule has 0 unspecified atom stereocenters. The summed E-state index contributed by atoms with van der Waals surface area (Å²) in [6.45, 7) is -0.383. The lowest BCUT2D eigenvalue weighted by molar-refractivity contribution is -0.147. The van der Waals surface area contributed by atoms with Crippen molar-refractivity contribution in [3.63, 3.8) is 0 Å². The third-order valence-corrected chi connectivity index (χ3v) is 4.96. The molecule has 1 fully saturated rings. The van der Waals surface area contributed by atoms with E-state index in [1.807, 2.05) is 30.3 Å². The van der Waals surface area contributed by atoms with Gasteiger partial charge in [-0.2, -0.15) is 0 Å². The summed E-state index contributed by atoms with van der Waals surface area (Å²) in [6.07, 6.45) is 4.99. The largest absolute Gasteiger partial charge is 0.456 e. The van der Waals surface area contributed by atoms with Crippen LogP contribution in [0, 0.1) is 0 Å². The Bertz CT molecular complexity index is 845. The van der Waals surface area contributed by atoms with Gasteiger partial charge in [0.2, 0.25) is 0 Å². The summed E-state index contributed by atoms with van der Waals surface area (Å²) in [5.41, 5.74) is 1.85. The smallest absolute Gasteiger partial charge is 0.306 e. The molecule has 29 heavy (non-hydrogen) atoms. The van der Waals surface area contributed by atoms with Gasteiger partial charge in [-0.3, -0.25) is 14.4 Å². The Morgan fingerprint density at radius 1 is 0.931 bits per heavy atom. The molecule has 0 radical (unpaired) electrons. The van der Waals surface area contributed by atoms with E-state index in [1.165, 1.54) is 0 Å². The minimum Gasteiger partial charge on any atom is -0.456 e. The number of ether oxygens (including phenoxy) is 1. The highest BCUT2D eigenvalue weighted by atomic mass is 16.5. The second kappa shape index (κ2) is 10.4. The molecule has 2 aromatic rings. The third kappa shape index (κ3) is 6.45. The third-order valence-electron chi connectivity index (χ3n) is 4.96. The van der Waals surface area contributed by atoms with Crippen LogP contribution in [0.1, 0.15) is 48.0 Å². The minimum atomic E-state index is -0.473. The fourth-order valence-corrected chi connectivity index (χ4v) is 3.42. The van der Waals surface area contributed by atoms with Gasteiger partial charge < -0.3 is 15.4 Å². The molecule has 1 aliphatic carbocycles. The average molecular weight is 394 g/mol. The number of rotatable bonds is 8. The molecule has 2 N–H and O–H groups in total. The molecular weight excluding hydrogens is 368 g/mol. The molecule has 3 rings (SSSR count). The Balaban J connectivity index is 1.47. The average Bonchev–Trinajstić information content (AvgIpc) is 3.25. The summed E-state index contributed by atoms with van der Waals surface area (Å²) in [5, 5.41) is 5.68. The first-order valence-electron chi connectivity index (χ1n) is 10.0. The molecule has 2 amide bonds. The van der Waals surface area contributed by atoms with E-state index in [0.29, 0.717) is 17.7 Å². The van der Waals surface area contributed by atoms with Crippen molar-refractivity contribution in [2.75, 3.05) is 11.9 Å². The van der Waals surface area contributed by atoms with Crippen LogP contribution in [0.25, 0.3) is 0 Å². The maximum atomic E-state index is 12.5. The number of aryl methyl sites for hydroxylation is 1. The van der Waals surface area contributed by atoms with E-state index < -0.39 is 11.9 Å².